The fourth-order valence-electron chi connectivity index (χ4n) is 4.12. The van der Waals surface area contributed by atoms with E-state index in [1.807, 2.05) is 0 Å². The van der Waals surface area contributed by atoms with Crippen molar-refractivity contribution in [3.05, 3.63) is 59.4 Å². The van der Waals surface area contributed by atoms with Crippen molar-refractivity contribution in [2.45, 2.75) is 38.8 Å². The SMILES string of the molecule is CC(C)(CO)C(=O)N1CC[C@H](NS(C)(=O)=O)[C@@H]1Cc1cccc(-c2cc(F)cc(F)c2)c1F. The fraction of sp³-hybridized carbons (Fsp3) is 0.435. The second kappa shape index (κ2) is 9.44. The van der Waals surface area contributed by atoms with Gasteiger partial charge in [-0.25, -0.2) is 26.3 Å². The summed E-state index contributed by atoms with van der Waals surface area (Å²) in [5.41, 5.74) is -0.912. The van der Waals surface area contributed by atoms with Crippen molar-refractivity contribution in [1.82, 2.24) is 9.62 Å². The van der Waals surface area contributed by atoms with Crippen LogP contribution in [-0.4, -0.2) is 55.8 Å². The number of sulfonamides is 1. The highest BCUT2D eigenvalue weighted by atomic mass is 32.2. The average Bonchev–Trinajstić information content (AvgIpc) is 3.08. The van der Waals surface area contributed by atoms with Crippen LogP contribution in [0.15, 0.2) is 36.4 Å². The van der Waals surface area contributed by atoms with Crippen molar-refractivity contribution < 1.29 is 31.5 Å². The Morgan fingerprint density at radius 1 is 1.18 bits per heavy atom. The minimum absolute atomic E-state index is 0.00918. The van der Waals surface area contributed by atoms with Crippen molar-refractivity contribution >= 4 is 15.9 Å². The zero-order valence-corrected chi connectivity index (χ0v) is 19.4. The normalized spacial score (nSPS) is 19.2. The van der Waals surface area contributed by atoms with Gasteiger partial charge in [-0.2, -0.15) is 0 Å². The van der Waals surface area contributed by atoms with Crippen molar-refractivity contribution in [2.75, 3.05) is 19.4 Å². The third-order valence-corrected chi connectivity index (χ3v) is 6.56. The molecule has 2 aromatic rings. The van der Waals surface area contributed by atoms with Gasteiger partial charge in [-0.1, -0.05) is 18.2 Å². The summed E-state index contributed by atoms with van der Waals surface area (Å²) in [6, 6.07) is 5.78. The second-order valence-corrected chi connectivity index (χ2v) is 10.8. The van der Waals surface area contributed by atoms with Crippen LogP contribution in [0, 0.1) is 22.9 Å². The van der Waals surface area contributed by atoms with Crippen LogP contribution in [0.1, 0.15) is 25.8 Å². The molecule has 10 heteroatoms. The summed E-state index contributed by atoms with van der Waals surface area (Å²) in [7, 11) is -3.61. The highest BCUT2D eigenvalue weighted by Crippen LogP contribution is 2.32. The first-order chi connectivity index (χ1) is 15.3. The van der Waals surface area contributed by atoms with Gasteiger partial charge in [-0.3, -0.25) is 4.79 Å². The van der Waals surface area contributed by atoms with Crippen LogP contribution < -0.4 is 4.72 Å². The lowest BCUT2D eigenvalue weighted by Gasteiger charge is -2.34. The van der Waals surface area contributed by atoms with Crippen LogP contribution in [0.4, 0.5) is 13.2 Å². The zero-order chi connectivity index (χ0) is 24.6. The van der Waals surface area contributed by atoms with Crippen LogP contribution in [0.3, 0.4) is 0 Å². The molecule has 0 aromatic heterocycles. The Bertz CT molecular complexity index is 1130. The first-order valence-electron chi connectivity index (χ1n) is 10.5. The second-order valence-electron chi connectivity index (χ2n) is 9.03. The molecule has 2 aromatic carbocycles. The highest BCUT2D eigenvalue weighted by molar-refractivity contribution is 7.88. The van der Waals surface area contributed by atoms with Crippen molar-refractivity contribution in [2.24, 2.45) is 5.41 Å². The summed E-state index contributed by atoms with van der Waals surface area (Å²) in [5.74, 6) is -2.77. The van der Waals surface area contributed by atoms with E-state index in [4.69, 9.17) is 0 Å². The van der Waals surface area contributed by atoms with Crippen LogP contribution in [0.25, 0.3) is 11.1 Å². The number of amides is 1. The molecule has 1 heterocycles. The Balaban J connectivity index is 2.00. The van der Waals surface area contributed by atoms with E-state index in [2.05, 4.69) is 4.72 Å². The molecule has 0 radical (unpaired) electrons. The average molecular weight is 485 g/mol. The Morgan fingerprint density at radius 3 is 2.39 bits per heavy atom. The molecule has 0 bridgehead atoms. The molecular formula is C23H27F3N2O4S. The fourth-order valence-corrected chi connectivity index (χ4v) is 4.95. The van der Waals surface area contributed by atoms with E-state index in [1.165, 1.54) is 23.1 Å². The summed E-state index contributed by atoms with van der Waals surface area (Å²) in [4.78, 5) is 14.5. The molecule has 1 fully saturated rings. The number of likely N-dealkylation sites (tertiary alicyclic amines) is 1. The summed E-state index contributed by atoms with van der Waals surface area (Å²) in [6.45, 7) is 2.97. The molecule has 1 saturated heterocycles. The predicted molar refractivity (Wildman–Crippen MR) is 118 cm³/mol. The molecule has 2 N–H and O–H groups in total. The topological polar surface area (TPSA) is 86.7 Å². The Labute approximate surface area is 191 Å². The van der Waals surface area contributed by atoms with E-state index >= 15 is 4.39 Å². The van der Waals surface area contributed by atoms with E-state index in [0.29, 0.717) is 12.5 Å². The molecule has 1 aliphatic heterocycles. The highest BCUT2D eigenvalue weighted by Gasteiger charge is 2.43. The molecule has 0 spiro atoms. The van der Waals surface area contributed by atoms with Gasteiger partial charge in [0.05, 0.1) is 24.3 Å². The molecule has 180 valence electrons. The van der Waals surface area contributed by atoms with Crippen molar-refractivity contribution in [3.63, 3.8) is 0 Å². The van der Waals surface area contributed by atoms with E-state index in [0.717, 1.165) is 18.4 Å². The number of aliphatic hydroxyl groups is 1. The van der Waals surface area contributed by atoms with Gasteiger partial charge >= 0.3 is 0 Å². The maximum atomic E-state index is 15.4. The van der Waals surface area contributed by atoms with Crippen molar-refractivity contribution in [1.29, 1.82) is 0 Å². The number of nitrogens with zero attached hydrogens (tertiary/aromatic N) is 1. The van der Waals surface area contributed by atoms with Crippen LogP contribution in [0.5, 0.6) is 0 Å². The van der Waals surface area contributed by atoms with Crippen LogP contribution >= 0.6 is 0 Å². The summed E-state index contributed by atoms with van der Waals surface area (Å²) < 4.78 is 69.1. The van der Waals surface area contributed by atoms with Crippen LogP contribution in [-0.2, 0) is 21.2 Å². The van der Waals surface area contributed by atoms with E-state index < -0.39 is 51.6 Å². The number of halogens is 3. The number of aliphatic hydroxyl groups excluding tert-OH is 1. The van der Waals surface area contributed by atoms with Gasteiger partial charge in [0.1, 0.15) is 17.5 Å². The summed E-state index contributed by atoms with van der Waals surface area (Å²) in [5, 5.41) is 9.62. The molecular weight excluding hydrogens is 457 g/mol. The quantitative estimate of drug-likeness (QED) is 0.633. The van der Waals surface area contributed by atoms with Gasteiger partial charge in [0.25, 0.3) is 0 Å². The van der Waals surface area contributed by atoms with Crippen molar-refractivity contribution in [3.8, 4) is 11.1 Å². The van der Waals surface area contributed by atoms with Gasteiger partial charge in [-0.05, 0) is 49.9 Å². The molecule has 1 aliphatic rings. The van der Waals surface area contributed by atoms with Gasteiger partial charge in [-0.15, -0.1) is 0 Å². The molecule has 0 unspecified atom stereocenters. The number of rotatable bonds is 7. The lowest BCUT2D eigenvalue weighted by atomic mass is 9.91. The number of nitrogens with one attached hydrogen (secondary N) is 1. The lowest BCUT2D eigenvalue weighted by molar-refractivity contribution is -0.143. The Hall–Kier alpha value is -2.43. The number of hydrogen-bond acceptors (Lipinski definition) is 4. The maximum absolute atomic E-state index is 15.4. The van der Waals surface area contributed by atoms with Gasteiger partial charge in [0.2, 0.25) is 15.9 Å². The Morgan fingerprint density at radius 2 is 1.82 bits per heavy atom. The minimum Gasteiger partial charge on any atom is -0.395 e. The largest absolute Gasteiger partial charge is 0.395 e. The third-order valence-electron chi connectivity index (χ3n) is 5.83. The number of carbonyl (C=O) groups is 1. The lowest BCUT2D eigenvalue weighted by Crippen LogP contribution is -2.51. The maximum Gasteiger partial charge on any atom is 0.230 e. The first-order valence-corrected chi connectivity index (χ1v) is 12.3. The minimum atomic E-state index is -3.61. The smallest absolute Gasteiger partial charge is 0.230 e. The molecule has 6 nitrogen and oxygen atoms in total. The first kappa shape index (κ1) is 25.2. The van der Waals surface area contributed by atoms with E-state index in [9.17, 15) is 27.1 Å². The molecule has 0 aliphatic carbocycles. The monoisotopic (exact) mass is 484 g/mol. The molecule has 0 saturated carbocycles. The summed E-state index contributed by atoms with van der Waals surface area (Å²) in [6.07, 6.45) is 1.30. The van der Waals surface area contributed by atoms with E-state index in [-0.39, 0.29) is 35.6 Å². The number of carbonyl (C=O) groups excluding carboxylic acids is 1. The molecule has 33 heavy (non-hydrogen) atoms. The van der Waals surface area contributed by atoms with Gasteiger partial charge < -0.3 is 10.0 Å². The molecule has 3 rings (SSSR count). The molecule has 2 atom stereocenters. The standard InChI is InChI=1S/C23H27F3N2O4S/c1-23(2,13-29)22(30)28-8-7-19(27-33(3,31)32)20(28)11-14-5-4-6-18(21(14)26)15-9-16(24)12-17(25)10-15/h4-6,9-10,12,19-20,27,29H,7-8,11,13H2,1-3H3/t19-,20-/m0/s1. The van der Waals surface area contributed by atoms with E-state index in [1.54, 1.807) is 13.8 Å². The zero-order valence-electron chi connectivity index (χ0n) is 18.6. The third kappa shape index (κ3) is 5.74. The predicted octanol–water partition coefficient (Wildman–Crippen LogP) is 2.85. The van der Waals surface area contributed by atoms with Gasteiger partial charge in [0.15, 0.2) is 0 Å². The number of hydrogen-bond donors (Lipinski definition) is 2. The Kier molecular flexibility index (Phi) is 7.21. The molecule has 1 amide bonds. The summed E-state index contributed by atoms with van der Waals surface area (Å²) >= 11 is 0. The number of benzene rings is 2. The van der Waals surface area contributed by atoms with Crippen LogP contribution in [0.2, 0.25) is 0 Å². The van der Waals surface area contributed by atoms with Gasteiger partial charge in [0, 0.05) is 24.2 Å².